The molecule has 0 aliphatic heterocycles. The van der Waals surface area contributed by atoms with Crippen molar-refractivity contribution in [2.75, 3.05) is 5.88 Å². The first kappa shape index (κ1) is 14.8. The summed E-state index contributed by atoms with van der Waals surface area (Å²) in [5.41, 5.74) is 3.15. The number of imidazole rings is 1. The van der Waals surface area contributed by atoms with E-state index in [1.165, 1.54) is 0 Å². The Kier molecular flexibility index (Phi) is 4.48. The third-order valence-electron chi connectivity index (χ3n) is 3.37. The van der Waals surface area contributed by atoms with Gasteiger partial charge in [-0.2, -0.15) is 0 Å². The van der Waals surface area contributed by atoms with Crippen molar-refractivity contribution in [1.82, 2.24) is 14.5 Å². The maximum Gasteiger partial charge on any atom is 0.111 e. The van der Waals surface area contributed by atoms with Crippen LogP contribution in [0.25, 0.3) is 11.0 Å². The molecule has 3 rings (SSSR count). The van der Waals surface area contributed by atoms with Gasteiger partial charge in [-0.1, -0.05) is 11.6 Å². The van der Waals surface area contributed by atoms with Crippen molar-refractivity contribution >= 4 is 45.6 Å². The average molecular weight is 340 g/mol. The summed E-state index contributed by atoms with van der Waals surface area (Å²) in [6, 6.07) is 5.79. The van der Waals surface area contributed by atoms with Crippen molar-refractivity contribution < 1.29 is 0 Å². The molecule has 0 fully saturated rings. The zero-order chi connectivity index (χ0) is 14.8. The topological polar surface area (TPSA) is 30.7 Å². The van der Waals surface area contributed by atoms with E-state index in [-0.39, 0.29) is 0 Å². The summed E-state index contributed by atoms with van der Waals surface area (Å²) in [7, 11) is 0. The number of fused-ring (bicyclic) bond motifs is 1. The van der Waals surface area contributed by atoms with Crippen LogP contribution in [0.2, 0.25) is 5.02 Å². The minimum atomic E-state index is 0.562. The Labute approximate surface area is 137 Å². The van der Waals surface area contributed by atoms with Crippen LogP contribution in [0.5, 0.6) is 0 Å². The second-order valence-electron chi connectivity index (χ2n) is 4.86. The van der Waals surface area contributed by atoms with E-state index in [9.17, 15) is 0 Å². The van der Waals surface area contributed by atoms with Gasteiger partial charge in [0, 0.05) is 35.7 Å². The van der Waals surface area contributed by atoms with Crippen LogP contribution < -0.4 is 0 Å². The average Bonchev–Trinajstić information content (AvgIpc) is 3.01. The van der Waals surface area contributed by atoms with Gasteiger partial charge < -0.3 is 4.57 Å². The van der Waals surface area contributed by atoms with Gasteiger partial charge in [0.05, 0.1) is 21.7 Å². The number of benzene rings is 1. The van der Waals surface area contributed by atoms with Crippen LogP contribution in [-0.4, -0.2) is 20.4 Å². The van der Waals surface area contributed by atoms with E-state index in [1.54, 1.807) is 11.3 Å². The molecule has 0 N–H and O–H groups in total. The monoisotopic (exact) mass is 339 g/mol. The van der Waals surface area contributed by atoms with Crippen molar-refractivity contribution in [1.29, 1.82) is 0 Å². The number of hydrogen-bond donors (Lipinski definition) is 0. The van der Waals surface area contributed by atoms with Gasteiger partial charge in [-0.05, 0) is 25.1 Å². The van der Waals surface area contributed by atoms with Gasteiger partial charge in [0.25, 0.3) is 0 Å². The molecule has 2 aromatic heterocycles. The summed E-state index contributed by atoms with van der Waals surface area (Å²) in [5, 5.41) is 3.94. The predicted octanol–water partition coefficient (Wildman–Crippen LogP) is 4.48. The Balaban J connectivity index is 1.94. The van der Waals surface area contributed by atoms with Crippen molar-refractivity contribution in [3.8, 4) is 0 Å². The molecule has 0 aliphatic rings. The molecule has 0 saturated carbocycles. The molecular weight excluding hydrogens is 325 g/mol. The Bertz CT molecular complexity index is 763. The second kappa shape index (κ2) is 6.34. The fourth-order valence-electron chi connectivity index (χ4n) is 2.42. The third-order valence-corrected chi connectivity index (χ3v) is 4.61. The number of aromatic nitrogens is 3. The molecule has 0 amide bonds. The minimum Gasteiger partial charge on any atom is -0.328 e. The molecule has 0 saturated heterocycles. The maximum absolute atomic E-state index is 6.12. The highest BCUT2D eigenvalue weighted by atomic mass is 35.5. The molecule has 0 spiro atoms. The Morgan fingerprint density at radius 2 is 2.10 bits per heavy atom. The van der Waals surface area contributed by atoms with Crippen LogP contribution in [-0.2, 0) is 19.4 Å². The van der Waals surface area contributed by atoms with Gasteiger partial charge in [-0.3, -0.25) is 0 Å². The van der Waals surface area contributed by atoms with Crippen molar-refractivity contribution in [2.45, 2.75) is 26.3 Å². The molecule has 1 aromatic carbocycles. The fourth-order valence-corrected chi connectivity index (χ4v) is 3.40. The lowest BCUT2D eigenvalue weighted by molar-refractivity contribution is 0.667. The Hall–Kier alpha value is -1.10. The van der Waals surface area contributed by atoms with Gasteiger partial charge in [-0.25, -0.2) is 9.97 Å². The Morgan fingerprint density at radius 3 is 2.81 bits per heavy atom. The number of hydrogen-bond acceptors (Lipinski definition) is 3. The molecule has 0 aliphatic carbocycles. The van der Waals surface area contributed by atoms with E-state index < -0.39 is 0 Å². The number of thiazole rings is 1. The first-order chi connectivity index (χ1) is 10.2. The smallest absolute Gasteiger partial charge is 0.111 e. The van der Waals surface area contributed by atoms with Crippen LogP contribution >= 0.6 is 34.5 Å². The third kappa shape index (κ3) is 3.23. The van der Waals surface area contributed by atoms with E-state index in [0.717, 1.165) is 52.0 Å². The van der Waals surface area contributed by atoms with Crippen LogP contribution in [0.1, 0.15) is 16.5 Å². The van der Waals surface area contributed by atoms with Gasteiger partial charge >= 0.3 is 0 Å². The van der Waals surface area contributed by atoms with Crippen LogP contribution in [0, 0.1) is 6.92 Å². The van der Waals surface area contributed by atoms with E-state index in [0.29, 0.717) is 5.88 Å². The summed E-state index contributed by atoms with van der Waals surface area (Å²) in [6.07, 6.45) is 1.64. The van der Waals surface area contributed by atoms with Gasteiger partial charge in [0.15, 0.2) is 0 Å². The number of rotatable bonds is 5. The van der Waals surface area contributed by atoms with Crippen molar-refractivity contribution in [3.63, 3.8) is 0 Å². The van der Waals surface area contributed by atoms with Gasteiger partial charge in [0.1, 0.15) is 5.82 Å². The molecule has 0 atom stereocenters. The molecule has 3 aromatic rings. The predicted molar refractivity (Wildman–Crippen MR) is 89.7 cm³/mol. The fraction of sp³-hybridized carbons (Fsp3) is 0.333. The highest BCUT2D eigenvalue weighted by molar-refractivity contribution is 7.09. The lowest BCUT2D eigenvalue weighted by Crippen LogP contribution is -2.07. The SMILES string of the molecule is Cc1nc(CCn2c(CCCl)nc3ccc(Cl)cc32)cs1. The van der Waals surface area contributed by atoms with Crippen LogP contribution in [0.4, 0.5) is 0 Å². The first-order valence-electron chi connectivity index (χ1n) is 6.79. The van der Waals surface area contributed by atoms with Gasteiger partial charge in [-0.15, -0.1) is 22.9 Å². The van der Waals surface area contributed by atoms with Crippen LogP contribution in [0.15, 0.2) is 23.6 Å². The minimum absolute atomic E-state index is 0.562. The zero-order valence-corrected chi connectivity index (χ0v) is 14.0. The molecule has 3 nitrogen and oxygen atoms in total. The highest BCUT2D eigenvalue weighted by Crippen LogP contribution is 2.22. The number of nitrogens with zero attached hydrogens (tertiary/aromatic N) is 3. The van der Waals surface area contributed by atoms with E-state index in [4.69, 9.17) is 23.2 Å². The molecule has 6 heteroatoms. The van der Waals surface area contributed by atoms with Crippen molar-refractivity contribution in [3.05, 3.63) is 45.1 Å². The zero-order valence-electron chi connectivity index (χ0n) is 11.6. The standard InChI is InChI=1S/C15H15Cl2N3S/c1-10-18-12(9-21-10)5-7-20-14-8-11(17)2-3-13(14)19-15(20)4-6-16/h2-3,8-9H,4-7H2,1H3. The van der Waals surface area contributed by atoms with E-state index in [2.05, 4.69) is 19.9 Å². The summed E-state index contributed by atoms with van der Waals surface area (Å²) in [4.78, 5) is 9.18. The summed E-state index contributed by atoms with van der Waals surface area (Å²) < 4.78 is 2.21. The lowest BCUT2D eigenvalue weighted by atomic mass is 10.3. The quantitative estimate of drug-likeness (QED) is 0.641. The molecule has 21 heavy (non-hydrogen) atoms. The normalized spacial score (nSPS) is 11.4. The maximum atomic E-state index is 6.12. The summed E-state index contributed by atoms with van der Waals surface area (Å²) >= 11 is 13.7. The largest absolute Gasteiger partial charge is 0.328 e. The molecular formula is C15H15Cl2N3S. The molecule has 0 radical (unpaired) electrons. The highest BCUT2D eigenvalue weighted by Gasteiger charge is 2.11. The van der Waals surface area contributed by atoms with E-state index >= 15 is 0 Å². The molecule has 0 unspecified atom stereocenters. The van der Waals surface area contributed by atoms with Crippen molar-refractivity contribution in [2.24, 2.45) is 0 Å². The lowest BCUT2D eigenvalue weighted by Gasteiger charge is -2.07. The second-order valence-corrected chi connectivity index (χ2v) is 6.74. The molecule has 0 bridgehead atoms. The van der Waals surface area contributed by atoms with Crippen LogP contribution in [0.3, 0.4) is 0 Å². The number of aryl methyl sites for hydroxylation is 4. The molecule has 2 heterocycles. The van der Waals surface area contributed by atoms with Gasteiger partial charge in [0.2, 0.25) is 0 Å². The number of alkyl halides is 1. The van der Waals surface area contributed by atoms with E-state index in [1.807, 2.05) is 25.1 Å². The molecule has 110 valence electrons. The summed E-state index contributed by atoms with van der Waals surface area (Å²) in [6.45, 7) is 2.87. The first-order valence-corrected chi connectivity index (χ1v) is 8.58. The summed E-state index contributed by atoms with van der Waals surface area (Å²) in [5.74, 6) is 1.57. The number of halogens is 2. The Morgan fingerprint density at radius 1 is 1.24 bits per heavy atom.